The van der Waals surface area contributed by atoms with Crippen molar-refractivity contribution in [2.24, 2.45) is 0 Å². The van der Waals surface area contributed by atoms with Gasteiger partial charge in [-0.2, -0.15) is 0 Å². The maximum atomic E-state index is 3.56. The minimum atomic E-state index is 0. The zero-order valence-corrected chi connectivity index (χ0v) is 19.4. The number of nitrogens with zero attached hydrogens (tertiary/aromatic N) is 1. The van der Waals surface area contributed by atoms with Gasteiger partial charge >= 0.3 is 0 Å². The molecule has 0 aromatic carbocycles. The summed E-state index contributed by atoms with van der Waals surface area (Å²) < 4.78 is 1.27. The zero-order chi connectivity index (χ0) is 17.9. The third kappa shape index (κ3) is 15.9. The molecule has 2 heteroatoms. The van der Waals surface area contributed by atoms with Gasteiger partial charge in [0, 0.05) is 6.42 Å². The molecule has 0 N–H and O–H groups in total. The summed E-state index contributed by atoms with van der Waals surface area (Å²) in [5, 5.41) is 0. The van der Waals surface area contributed by atoms with Crippen LogP contribution < -0.4 is 17.0 Å². The van der Waals surface area contributed by atoms with E-state index in [4.69, 9.17) is 0 Å². The first-order valence-corrected chi connectivity index (χ1v) is 11.1. The van der Waals surface area contributed by atoms with E-state index in [0.29, 0.717) is 0 Å². The predicted octanol–water partition coefficient (Wildman–Crippen LogP) is 3.96. The first-order valence-electron chi connectivity index (χ1n) is 11.1. The summed E-state index contributed by atoms with van der Waals surface area (Å²) in [6.07, 6.45) is 17.4. The molecule has 0 aliphatic heterocycles. The van der Waals surface area contributed by atoms with E-state index in [0.717, 1.165) is 13.0 Å². The summed E-state index contributed by atoms with van der Waals surface area (Å²) in [4.78, 5) is 0. The molecule has 0 bridgehead atoms. The molecular weight excluding hydrogens is 370 g/mol. The lowest BCUT2D eigenvalue weighted by Gasteiger charge is -2.37. The molecule has 0 aromatic heterocycles. The Bertz CT molecular complexity index is 308. The maximum Gasteiger partial charge on any atom is 0.140 e. The summed E-state index contributed by atoms with van der Waals surface area (Å²) >= 11 is 0. The van der Waals surface area contributed by atoms with E-state index < -0.39 is 0 Å². The van der Waals surface area contributed by atoms with Crippen molar-refractivity contribution in [2.75, 3.05) is 26.2 Å². The number of hydrogen-bond acceptors (Lipinski definition) is 0. The van der Waals surface area contributed by atoms with Gasteiger partial charge in [0.15, 0.2) is 0 Å². The molecular formula is C23H46BrN. The smallest absolute Gasteiger partial charge is 0.140 e. The van der Waals surface area contributed by atoms with E-state index in [1.165, 1.54) is 101 Å². The highest BCUT2D eigenvalue weighted by Gasteiger charge is 2.24. The van der Waals surface area contributed by atoms with Crippen LogP contribution in [0.2, 0.25) is 0 Å². The molecule has 0 saturated carbocycles. The molecule has 1 nitrogen and oxygen atoms in total. The Morgan fingerprint density at radius 3 is 1.56 bits per heavy atom. The van der Waals surface area contributed by atoms with Crippen molar-refractivity contribution in [3.63, 3.8) is 0 Å². The van der Waals surface area contributed by atoms with Gasteiger partial charge in [-0.1, -0.05) is 78.6 Å². The highest BCUT2D eigenvalue weighted by molar-refractivity contribution is 4.99. The SMILES string of the molecule is CCCCC#CC[N+](CCCC)(CCCC)CCCCCCCC.[Br-]. The monoisotopic (exact) mass is 415 g/mol. The van der Waals surface area contributed by atoms with Crippen molar-refractivity contribution in [1.29, 1.82) is 0 Å². The van der Waals surface area contributed by atoms with Gasteiger partial charge in [-0.25, -0.2) is 0 Å². The van der Waals surface area contributed by atoms with Crippen LogP contribution in [0, 0.1) is 11.8 Å². The molecule has 0 radical (unpaired) electrons. The average Bonchev–Trinajstić information content (AvgIpc) is 2.60. The molecule has 0 atom stereocenters. The van der Waals surface area contributed by atoms with Crippen molar-refractivity contribution in [3.05, 3.63) is 0 Å². The van der Waals surface area contributed by atoms with Crippen LogP contribution in [0.5, 0.6) is 0 Å². The Labute approximate surface area is 170 Å². The molecule has 0 heterocycles. The molecule has 150 valence electrons. The summed E-state index contributed by atoms with van der Waals surface area (Å²) in [5.74, 6) is 7.01. The van der Waals surface area contributed by atoms with Gasteiger partial charge < -0.3 is 21.5 Å². The molecule has 0 aromatic rings. The van der Waals surface area contributed by atoms with Gasteiger partial charge in [0.1, 0.15) is 6.54 Å². The Morgan fingerprint density at radius 1 is 0.520 bits per heavy atom. The summed E-state index contributed by atoms with van der Waals surface area (Å²) in [7, 11) is 0. The fraction of sp³-hybridized carbons (Fsp3) is 0.913. The van der Waals surface area contributed by atoms with E-state index in [1.54, 1.807) is 0 Å². The van der Waals surface area contributed by atoms with E-state index >= 15 is 0 Å². The maximum absolute atomic E-state index is 3.56. The lowest BCUT2D eigenvalue weighted by Crippen LogP contribution is -3.00. The van der Waals surface area contributed by atoms with Crippen molar-refractivity contribution in [2.45, 2.75) is 111 Å². The Balaban J connectivity index is 0. The van der Waals surface area contributed by atoms with Crippen LogP contribution in [0.1, 0.15) is 111 Å². The Hall–Kier alpha value is 0. The fourth-order valence-corrected chi connectivity index (χ4v) is 3.36. The van der Waals surface area contributed by atoms with Crippen LogP contribution in [-0.2, 0) is 0 Å². The van der Waals surface area contributed by atoms with Crippen molar-refractivity contribution in [1.82, 2.24) is 0 Å². The van der Waals surface area contributed by atoms with Crippen LogP contribution in [0.3, 0.4) is 0 Å². The van der Waals surface area contributed by atoms with Crippen LogP contribution in [-0.4, -0.2) is 30.7 Å². The summed E-state index contributed by atoms with van der Waals surface area (Å²) in [6, 6.07) is 0. The summed E-state index contributed by atoms with van der Waals surface area (Å²) in [6.45, 7) is 14.3. The van der Waals surface area contributed by atoms with Gasteiger partial charge in [0.05, 0.1) is 19.6 Å². The number of hydrogen-bond donors (Lipinski definition) is 0. The molecule has 0 amide bonds. The first-order chi connectivity index (χ1) is 11.7. The quantitative estimate of drug-likeness (QED) is 0.203. The van der Waals surface area contributed by atoms with E-state index in [1.807, 2.05) is 0 Å². The van der Waals surface area contributed by atoms with E-state index in [2.05, 4.69) is 39.5 Å². The second-order valence-corrected chi connectivity index (χ2v) is 7.60. The van der Waals surface area contributed by atoms with Crippen LogP contribution in [0.4, 0.5) is 0 Å². The number of quaternary nitrogens is 1. The van der Waals surface area contributed by atoms with Crippen LogP contribution in [0.25, 0.3) is 0 Å². The summed E-state index contributed by atoms with van der Waals surface area (Å²) in [5.41, 5.74) is 0. The highest BCUT2D eigenvalue weighted by Crippen LogP contribution is 2.16. The van der Waals surface area contributed by atoms with Gasteiger partial charge in [-0.3, -0.25) is 0 Å². The fourth-order valence-electron chi connectivity index (χ4n) is 3.36. The number of unbranched alkanes of at least 4 members (excludes halogenated alkanes) is 9. The van der Waals surface area contributed by atoms with E-state index in [-0.39, 0.29) is 17.0 Å². The van der Waals surface area contributed by atoms with Crippen LogP contribution >= 0.6 is 0 Å². The average molecular weight is 417 g/mol. The Kier molecular flexibility index (Phi) is 22.1. The van der Waals surface area contributed by atoms with Crippen molar-refractivity contribution >= 4 is 0 Å². The standard InChI is InChI=1S/C23H46N.BrH/c1-5-9-13-15-17-19-23-24(20-11-7-3,21-12-8-4)22-18-16-14-10-6-2;/h5-15,17,19-23H2,1-4H3;1H/q+1;/p-1. The second-order valence-electron chi connectivity index (χ2n) is 7.60. The predicted molar refractivity (Wildman–Crippen MR) is 110 cm³/mol. The normalized spacial score (nSPS) is 10.9. The topological polar surface area (TPSA) is 0 Å². The largest absolute Gasteiger partial charge is 1.00 e. The molecule has 0 rings (SSSR count). The van der Waals surface area contributed by atoms with Crippen molar-refractivity contribution < 1.29 is 21.5 Å². The first kappa shape index (κ1) is 27.2. The molecule has 0 spiro atoms. The number of halogens is 1. The second kappa shape index (κ2) is 20.3. The van der Waals surface area contributed by atoms with E-state index in [9.17, 15) is 0 Å². The molecule has 0 fully saturated rings. The molecule has 0 aliphatic carbocycles. The minimum absolute atomic E-state index is 0. The number of rotatable bonds is 16. The zero-order valence-electron chi connectivity index (χ0n) is 17.8. The lowest BCUT2D eigenvalue weighted by atomic mass is 10.1. The third-order valence-corrected chi connectivity index (χ3v) is 5.15. The van der Waals surface area contributed by atoms with Gasteiger partial charge in [0.25, 0.3) is 0 Å². The molecule has 0 saturated heterocycles. The Morgan fingerprint density at radius 2 is 1.00 bits per heavy atom. The highest BCUT2D eigenvalue weighted by atomic mass is 79.9. The third-order valence-electron chi connectivity index (χ3n) is 5.15. The molecule has 0 aliphatic rings. The van der Waals surface area contributed by atoms with Crippen LogP contribution in [0.15, 0.2) is 0 Å². The molecule has 25 heavy (non-hydrogen) atoms. The minimum Gasteiger partial charge on any atom is -1.00 e. The van der Waals surface area contributed by atoms with Crippen molar-refractivity contribution in [3.8, 4) is 11.8 Å². The van der Waals surface area contributed by atoms with Gasteiger partial charge in [0.2, 0.25) is 0 Å². The molecule has 0 unspecified atom stereocenters. The van der Waals surface area contributed by atoms with Gasteiger partial charge in [-0.05, 0) is 38.0 Å². The van der Waals surface area contributed by atoms with Gasteiger partial charge in [-0.15, -0.1) is 0 Å². The lowest BCUT2D eigenvalue weighted by molar-refractivity contribution is -0.922.